The second-order valence-corrected chi connectivity index (χ2v) is 8.27. The summed E-state index contributed by atoms with van der Waals surface area (Å²) in [7, 11) is 0. The molecule has 0 amide bonds. The van der Waals surface area contributed by atoms with Crippen molar-refractivity contribution in [2.24, 2.45) is 11.3 Å². The number of hydrogen-bond donors (Lipinski definition) is 1. The van der Waals surface area contributed by atoms with Gasteiger partial charge in [0.25, 0.3) is 0 Å². The minimum atomic E-state index is -0.192. The molecule has 0 aliphatic heterocycles. The van der Waals surface area contributed by atoms with E-state index in [9.17, 15) is 4.39 Å². The summed E-state index contributed by atoms with van der Waals surface area (Å²) in [5.74, 6) is 0.510. The van der Waals surface area contributed by atoms with Crippen LogP contribution in [-0.4, -0.2) is 6.04 Å². The Balaban J connectivity index is 2.11. The molecule has 1 aliphatic rings. The highest BCUT2D eigenvalue weighted by molar-refractivity contribution is 9.10. The molecule has 1 N–H and O–H groups in total. The van der Waals surface area contributed by atoms with Crippen molar-refractivity contribution in [2.75, 3.05) is 0 Å². The van der Waals surface area contributed by atoms with Crippen LogP contribution in [0.25, 0.3) is 0 Å². The zero-order valence-electron chi connectivity index (χ0n) is 13.5. The van der Waals surface area contributed by atoms with Gasteiger partial charge < -0.3 is 5.32 Å². The van der Waals surface area contributed by atoms with Gasteiger partial charge in [-0.25, -0.2) is 4.39 Å². The molecule has 1 fully saturated rings. The van der Waals surface area contributed by atoms with Crippen LogP contribution in [0.3, 0.4) is 0 Å². The monoisotopic (exact) mass is 355 g/mol. The van der Waals surface area contributed by atoms with Gasteiger partial charge in [0.2, 0.25) is 0 Å². The Labute approximate surface area is 136 Å². The van der Waals surface area contributed by atoms with E-state index in [1.807, 2.05) is 6.07 Å². The Kier molecular flexibility index (Phi) is 5.48. The highest BCUT2D eigenvalue weighted by Crippen LogP contribution is 2.39. The second kappa shape index (κ2) is 6.78. The van der Waals surface area contributed by atoms with E-state index in [1.165, 1.54) is 25.7 Å². The van der Waals surface area contributed by atoms with Crippen LogP contribution in [-0.2, 0) is 0 Å². The molecule has 0 radical (unpaired) electrons. The molecule has 1 aromatic carbocycles. The molecule has 118 valence electrons. The molecule has 1 aliphatic carbocycles. The van der Waals surface area contributed by atoms with E-state index in [1.54, 1.807) is 12.1 Å². The third-order valence-electron chi connectivity index (χ3n) is 4.77. The zero-order valence-corrected chi connectivity index (χ0v) is 15.1. The fourth-order valence-corrected chi connectivity index (χ4v) is 4.32. The van der Waals surface area contributed by atoms with Gasteiger partial charge in [0.15, 0.2) is 0 Å². The first-order valence-corrected chi connectivity index (χ1v) is 8.79. The average Bonchev–Trinajstić information content (AvgIpc) is 2.37. The molecule has 3 atom stereocenters. The molecule has 1 saturated carbocycles. The topological polar surface area (TPSA) is 12.0 Å². The lowest BCUT2D eigenvalue weighted by Gasteiger charge is -2.42. The lowest BCUT2D eigenvalue weighted by atomic mass is 9.69. The number of nitrogens with one attached hydrogen (secondary N) is 1. The summed E-state index contributed by atoms with van der Waals surface area (Å²) in [5.41, 5.74) is 1.47. The Bertz CT molecular complexity index is 481. The van der Waals surface area contributed by atoms with Gasteiger partial charge in [0.05, 0.1) is 0 Å². The minimum Gasteiger partial charge on any atom is -0.307 e. The van der Waals surface area contributed by atoms with Crippen molar-refractivity contribution in [3.63, 3.8) is 0 Å². The van der Waals surface area contributed by atoms with E-state index in [0.29, 0.717) is 17.4 Å². The van der Waals surface area contributed by atoms with Crippen molar-refractivity contribution in [3.05, 3.63) is 34.1 Å². The maximum atomic E-state index is 13.2. The zero-order chi connectivity index (χ0) is 15.6. The third-order valence-corrected chi connectivity index (χ3v) is 5.46. The van der Waals surface area contributed by atoms with Crippen LogP contribution in [0.4, 0.5) is 4.39 Å². The van der Waals surface area contributed by atoms with Crippen LogP contribution in [0.5, 0.6) is 0 Å². The largest absolute Gasteiger partial charge is 0.307 e. The van der Waals surface area contributed by atoms with Crippen LogP contribution in [0, 0.1) is 17.2 Å². The van der Waals surface area contributed by atoms with Crippen LogP contribution in [0.1, 0.15) is 65.0 Å². The van der Waals surface area contributed by atoms with Crippen LogP contribution in [0.15, 0.2) is 22.7 Å². The smallest absolute Gasteiger partial charge is 0.124 e. The molecule has 0 heterocycles. The summed E-state index contributed by atoms with van der Waals surface area (Å²) < 4.78 is 14.1. The van der Waals surface area contributed by atoms with Crippen molar-refractivity contribution < 1.29 is 4.39 Å². The van der Waals surface area contributed by atoms with E-state index >= 15 is 0 Å². The molecule has 21 heavy (non-hydrogen) atoms. The molecular formula is C18H27BrFN. The van der Waals surface area contributed by atoms with E-state index in [2.05, 4.69) is 48.9 Å². The molecular weight excluding hydrogens is 329 g/mol. The molecule has 1 aromatic rings. The standard InChI is InChI=1S/C18H27BrFN/c1-12(14-10-9-13(20)11-16(14)19)21-17-8-6-5-7-15(17)18(2,3)4/h9-12,15,17,21H,5-8H2,1-4H3. The van der Waals surface area contributed by atoms with Gasteiger partial charge in [-0.2, -0.15) is 0 Å². The average molecular weight is 356 g/mol. The fourth-order valence-electron chi connectivity index (χ4n) is 3.63. The minimum absolute atomic E-state index is 0.192. The fraction of sp³-hybridized carbons (Fsp3) is 0.667. The first-order valence-electron chi connectivity index (χ1n) is 8.00. The molecule has 0 bridgehead atoms. The third kappa shape index (κ3) is 4.29. The van der Waals surface area contributed by atoms with Gasteiger partial charge in [-0.05, 0) is 48.8 Å². The van der Waals surface area contributed by atoms with Crippen molar-refractivity contribution in [3.8, 4) is 0 Å². The summed E-state index contributed by atoms with van der Waals surface area (Å²) >= 11 is 3.49. The van der Waals surface area contributed by atoms with Gasteiger partial charge in [0, 0.05) is 16.6 Å². The molecule has 1 nitrogen and oxygen atoms in total. The number of benzene rings is 1. The van der Waals surface area contributed by atoms with Crippen molar-refractivity contribution in [1.29, 1.82) is 0 Å². The Morgan fingerprint density at radius 3 is 2.52 bits per heavy atom. The maximum Gasteiger partial charge on any atom is 0.124 e. The first kappa shape index (κ1) is 17.0. The molecule has 2 rings (SSSR count). The number of hydrogen-bond acceptors (Lipinski definition) is 1. The predicted molar refractivity (Wildman–Crippen MR) is 90.9 cm³/mol. The molecule has 0 saturated heterocycles. The normalized spacial score (nSPS) is 24.9. The highest BCUT2D eigenvalue weighted by Gasteiger charge is 2.34. The van der Waals surface area contributed by atoms with E-state index in [0.717, 1.165) is 10.0 Å². The van der Waals surface area contributed by atoms with Crippen LogP contribution in [0.2, 0.25) is 0 Å². The second-order valence-electron chi connectivity index (χ2n) is 7.42. The summed E-state index contributed by atoms with van der Waals surface area (Å²) in [6.07, 6.45) is 5.19. The van der Waals surface area contributed by atoms with Gasteiger partial charge in [0.1, 0.15) is 5.82 Å². The van der Waals surface area contributed by atoms with E-state index in [-0.39, 0.29) is 11.9 Å². The van der Waals surface area contributed by atoms with Crippen molar-refractivity contribution in [2.45, 2.75) is 65.5 Å². The number of halogens is 2. The molecule has 0 aromatic heterocycles. The molecule has 0 spiro atoms. The summed E-state index contributed by atoms with van der Waals surface area (Å²) in [6, 6.07) is 5.75. The van der Waals surface area contributed by atoms with Gasteiger partial charge in [-0.3, -0.25) is 0 Å². The van der Waals surface area contributed by atoms with Crippen LogP contribution < -0.4 is 5.32 Å². The van der Waals surface area contributed by atoms with Gasteiger partial charge in [-0.15, -0.1) is 0 Å². The molecule has 3 heteroatoms. The summed E-state index contributed by atoms with van der Waals surface area (Å²) in [5, 5.41) is 3.80. The maximum absolute atomic E-state index is 13.2. The predicted octanol–water partition coefficient (Wildman–Crippen LogP) is 5.84. The van der Waals surface area contributed by atoms with Crippen molar-refractivity contribution >= 4 is 15.9 Å². The quantitative estimate of drug-likeness (QED) is 0.717. The Morgan fingerprint density at radius 2 is 1.90 bits per heavy atom. The Hall–Kier alpha value is -0.410. The highest BCUT2D eigenvalue weighted by atomic mass is 79.9. The van der Waals surface area contributed by atoms with E-state index < -0.39 is 0 Å². The Morgan fingerprint density at radius 1 is 1.24 bits per heavy atom. The van der Waals surface area contributed by atoms with Crippen molar-refractivity contribution in [1.82, 2.24) is 5.32 Å². The van der Waals surface area contributed by atoms with E-state index in [4.69, 9.17) is 0 Å². The summed E-state index contributed by atoms with van der Waals surface area (Å²) in [6.45, 7) is 9.20. The SMILES string of the molecule is CC(NC1CCCCC1C(C)(C)C)c1ccc(F)cc1Br. The van der Waals surface area contributed by atoms with Crippen LogP contribution >= 0.6 is 15.9 Å². The lowest BCUT2D eigenvalue weighted by Crippen LogP contribution is -2.45. The first-order chi connectivity index (χ1) is 9.79. The van der Waals surface area contributed by atoms with Gasteiger partial charge in [-0.1, -0.05) is 55.6 Å². The lowest BCUT2D eigenvalue weighted by molar-refractivity contribution is 0.124. The molecule has 3 unspecified atom stereocenters. The van der Waals surface area contributed by atoms with Gasteiger partial charge >= 0.3 is 0 Å². The number of rotatable bonds is 3. The summed E-state index contributed by atoms with van der Waals surface area (Å²) in [4.78, 5) is 0.